The molecule has 1 fully saturated rings. The van der Waals surface area contributed by atoms with Gasteiger partial charge in [0, 0.05) is 12.1 Å². The fourth-order valence-electron chi connectivity index (χ4n) is 3.12. The van der Waals surface area contributed by atoms with E-state index in [1.165, 1.54) is 4.90 Å². The van der Waals surface area contributed by atoms with E-state index in [9.17, 15) is 19.2 Å². The maximum absolute atomic E-state index is 13.1. The number of anilines is 1. The van der Waals surface area contributed by atoms with E-state index in [1.807, 2.05) is 0 Å². The third-order valence-corrected chi connectivity index (χ3v) is 4.65. The SMILES string of the molecule is NC(CCC(=O)O)C(=O)OCN1C(=O)C(c2ccccc2)N(c2ccccc2)C1=O. The highest BCUT2D eigenvalue weighted by atomic mass is 16.5. The van der Waals surface area contributed by atoms with Crippen molar-refractivity contribution in [2.45, 2.75) is 24.9 Å². The summed E-state index contributed by atoms with van der Waals surface area (Å²) in [4.78, 5) is 50.9. The molecule has 30 heavy (non-hydrogen) atoms. The monoisotopic (exact) mass is 411 g/mol. The van der Waals surface area contributed by atoms with E-state index < -0.39 is 42.7 Å². The first-order chi connectivity index (χ1) is 14.4. The lowest BCUT2D eigenvalue weighted by Crippen LogP contribution is -2.39. The van der Waals surface area contributed by atoms with Gasteiger partial charge < -0.3 is 15.6 Å². The van der Waals surface area contributed by atoms with Crippen LogP contribution in [0.1, 0.15) is 24.4 Å². The summed E-state index contributed by atoms with van der Waals surface area (Å²) in [5.74, 6) is -2.51. The minimum atomic E-state index is -1.16. The molecule has 2 aromatic carbocycles. The lowest BCUT2D eigenvalue weighted by atomic mass is 10.1. The first-order valence-electron chi connectivity index (χ1n) is 9.28. The van der Waals surface area contributed by atoms with Gasteiger partial charge in [0.25, 0.3) is 5.91 Å². The molecule has 0 bridgehead atoms. The molecular formula is C21H21N3O6. The number of ether oxygens (including phenoxy) is 1. The molecule has 0 aliphatic carbocycles. The van der Waals surface area contributed by atoms with Gasteiger partial charge in [0.15, 0.2) is 6.73 Å². The lowest BCUT2D eigenvalue weighted by Gasteiger charge is -2.22. The van der Waals surface area contributed by atoms with E-state index >= 15 is 0 Å². The van der Waals surface area contributed by atoms with Crippen LogP contribution in [0.25, 0.3) is 0 Å². The molecule has 2 unspecified atom stereocenters. The predicted molar refractivity (Wildman–Crippen MR) is 106 cm³/mol. The van der Waals surface area contributed by atoms with E-state index in [-0.39, 0.29) is 12.8 Å². The zero-order chi connectivity index (χ0) is 21.7. The zero-order valence-electron chi connectivity index (χ0n) is 16.0. The van der Waals surface area contributed by atoms with Gasteiger partial charge in [0.1, 0.15) is 12.1 Å². The number of benzene rings is 2. The van der Waals surface area contributed by atoms with Gasteiger partial charge in [0.2, 0.25) is 0 Å². The molecule has 0 radical (unpaired) electrons. The number of imide groups is 1. The molecule has 0 saturated carbocycles. The number of hydrogen-bond acceptors (Lipinski definition) is 6. The number of amides is 3. The van der Waals surface area contributed by atoms with Crippen LogP contribution >= 0.6 is 0 Å². The molecule has 3 N–H and O–H groups in total. The van der Waals surface area contributed by atoms with Crippen molar-refractivity contribution in [1.29, 1.82) is 0 Å². The van der Waals surface area contributed by atoms with Gasteiger partial charge >= 0.3 is 18.0 Å². The number of rotatable bonds is 8. The molecule has 156 valence electrons. The highest BCUT2D eigenvalue weighted by Crippen LogP contribution is 2.35. The van der Waals surface area contributed by atoms with Gasteiger partial charge in [-0.25, -0.2) is 9.69 Å². The second kappa shape index (κ2) is 9.19. The van der Waals surface area contributed by atoms with Gasteiger partial charge in [-0.3, -0.25) is 19.3 Å². The Labute approximate surface area is 172 Å². The summed E-state index contributed by atoms with van der Waals surface area (Å²) in [7, 11) is 0. The van der Waals surface area contributed by atoms with Crippen LogP contribution in [0.15, 0.2) is 60.7 Å². The number of carboxylic acids is 1. The Bertz CT molecular complexity index is 877. The molecule has 1 heterocycles. The summed E-state index contributed by atoms with van der Waals surface area (Å²) in [5.41, 5.74) is 6.76. The van der Waals surface area contributed by atoms with Gasteiger partial charge in [-0.05, 0) is 24.1 Å². The molecule has 0 spiro atoms. The van der Waals surface area contributed by atoms with Gasteiger partial charge in [-0.15, -0.1) is 0 Å². The molecule has 1 saturated heterocycles. The smallest absolute Gasteiger partial charge is 0.335 e. The van der Waals surface area contributed by atoms with Crippen molar-refractivity contribution < 1.29 is 29.0 Å². The summed E-state index contributed by atoms with van der Waals surface area (Å²) in [5, 5.41) is 8.68. The second-order valence-electron chi connectivity index (χ2n) is 6.70. The highest BCUT2D eigenvalue weighted by Gasteiger charge is 2.47. The number of urea groups is 1. The van der Waals surface area contributed by atoms with Crippen LogP contribution in [0.4, 0.5) is 10.5 Å². The van der Waals surface area contributed by atoms with E-state index in [1.54, 1.807) is 60.7 Å². The van der Waals surface area contributed by atoms with Crippen molar-refractivity contribution in [3.8, 4) is 0 Å². The van der Waals surface area contributed by atoms with Crippen molar-refractivity contribution in [2.24, 2.45) is 5.73 Å². The van der Waals surface area contributed by atoms with E-state index in [2.05, 4.69) is 0 Å². The Morgan fingerprint density at radius 2 is 1.63 bits per heavy atom. The van der Waals surface area contributed by atoms with Crippen molar-refractivity contribution in [3.05, 3.63) is 66.2 Å². The number of hydrogen-bond donors (Lipinski definition) is 2. The van der Waals surface area contributed by atoms with Crippen LogP contribution < -0.4 is 10.6 Å². The minimum absolute atomic E-state index is 0.112. The van der Waals surface area contributed by atoms with Crippen LogP contribution in [0.3, 0.4) is 0 Å². The highest BCUT2D eigenvalue weighted by molar-refractivity contribution is 6.14. The number of carboxylic acid groups (broad SMARTS) is 1. The zero-order valence-corrected chi connectivity index (χ0v) is 16.0. The molecule has 9 nitrogen and oxygen atoms in total. The van der Waals surface area contributed by atoms with Crippen molar-refractivity contribution >= 4 is 29.6 Å². The van der Waals surface area contributed by atoms with Crippen LogP contribution in [0, 0.1) is 0 Å². The molecule has 2 aromatic rings. The van der Waals surface area contributed by atoms with Gasteiger partial charge in [-0.2, -0.15) is 0 Å². The van der Waals surface area contributed by atoms with E-state index in [4.69, 9.17) is 15.6 Å². The molecule has 9 heteroatoms. The van der Waals surface area contributed by atoms with Gasteiger partial charge in [-0.1, -0.05) is 48.5 Å². The first-order valence-corrected chi connectivity index (χ1v) is 9.28. The molecule has 3 rings (SSSR count). The quantitative estimate of drug-likeness (QED) is 0.501. The van der Waals surface area contributed by atoms with Crippen molar-refractivity contribution in [2.75, 3.05) is 11.6 Å². The Morgan fingerprint density at radius 1 is 1.03 bits per heavy atom. The molecule has 1 aliphatic rings. The van der Waals surface area contributed by atoms with Crippen LogP contribution in [0.5, 0.6) is 0 Å². The summed E-state index contributed by atoms with van der Waals surface area (Å²) in [6.45, 7) is -0.607. The summed E-state index contributed by atoms with van der Waals surface area (Å²) in [6.07, 6.45) is -0.408. The lowest BCUT2D eigenvalue weighted by molar-refractivity contribution is -0.151. The fourth-order valence-corrected chi connectivity index (χ4v) is 3.12. The number of nitrogens with two attached hydrogens (primary N) is 1. The van der Waals surface area contributed by atoms with Crippen LogP contribution in [0.2, 0.25) is 0 Å². The average Bonchev–Trinajstić information content (AvgIpc) is 3.01. The molecule has 0 aromatic heterocycles. The fraction of sp³-hybridized carbons (Fsp3) is 0.238. The number of carbonyl (C=O) groups is 4. The molecule has 2 atom stereocenters. The normalized spacial score (nSPS) is 17.2. The number of esters is 1. The Hall–Kier alpha value is -3.72. The summed E-state index contributed by atoms with van der Waals surface area (Å²) >= 11 is 0. The summed E-state index contributed by atoms with van der Waals surface area (Å²) < 4.78 is 5.03. The first kappa shape index (κ1) is 21.0. The molecule has 3 amide bonds. The van der Waals surface area contributed by atoms with Crippen LogP contribution in [-0.2, 0) is 19.1 Å². The number of aliphatic carboxylic acids is 1. The predicted octanol–water partition coefficient (Wildman–Crippen LogP) is 1.89. The maximum atomic E-state index is 13.1. The largest absolute Gasteiger partial charge is 0.481 e. The number of nitrogens with zero attached hydrogens (tertiary/aromatic N) is 2. The topological polar surface area (TPSA) is 130 Å². The Morgan fingerprint density at radius 3 is 2.23 bits per heavy atom. The maximum Gasteiger partial charge on any atom is 0.335 e. The minimum Gasteiger partial charge on any atom is -0.481 e. The molecular weight excluding hydrogens is 390 g/mol. The van der Waals surface area contributed by atoms with Crippen LogP contribution in [-0.4, -0.2) is 46.7 Å². The Kier molecular flexibility index (Phi) is 6.43. The molecule has 1 aliphatic heterocycles. The third kappa shape index (κ3) is 4.47. The standard InChI is InChI=1S/C21H21N3O6/c22-16(11-12-17(25)26)20(28)30-13-23-19(27)18(14-7-3-1-4-8-14)24(21(23)29)15-9-5-2-6-10-15/h1-10,16,18H,11-13,22H2,(H,25,26). The van der Waals surface area contributed by atoms with E-state index in [0.717, 1.165) is 4.90 Å². The average molecular weight is 411 g/mol. The number of para-hydroxylation sites is 1. The van der Waals surface area contributed by atoms with Crippen molar-refractivity contribution in [3.63, 3.8) is 0 Å². The third-order valence-electron chi connectivity index (χ3n) is 4.65. The van der Waals surface area contributed by atoms with Crippen molar-refractivity contribution in [1.82, 2.24) is 4.90 Å². The van der Waals surface area contributed by atoms with E-state index in [0.29, 0.717) is 11.3 Å². The number of carbonyl (C=O) groups excluding carboxylic acids is 3. The Balaban J connectivity index is 1.79. The van der Waals surface area contributed by atoms with Gasteiger partial charge in [0.05, 0.1) is 0 Å². The second-order valence-corrected chi connectivity index (χ2v) is 6.70. The summed E-state index contributed by atoms with van der Waals surface area (Å²) in [6, 6.07) is 14.8.